The molecule has 0 bridgehead atoms. The number of hydrogen-bond donors (Lipinski definition) is 0. The van der Waals surface area contributed by atoms with Crippen LogP contribution in [0.1, 0.15) is 15.9 Å². The van der Waals surface area contributed by atoms with Crippen LogP contribution in [0.4, 0.5) is 0 Å². The lowest BCUT2D eigenvalue weighted by atomic mass is 10.1. The minimum absolute atomic E-state index is 0.136. The summed E-state index contributed by atoms with van der Waals surface area (Å²) < 4.78 is 9.90. The van der Waals surface area contributed by atoms with Gasteiger partial charge in [-0.3, -0.25) is 9.78 Å². The van der Waals surface area contributed by atoms with Gasteiger partial charge in [0.1, 0.15) is 12.0 Å². The monoisotopic (exact) mass is 203 g/mol. The number of aromatic nitrogens is 1. The lowest BCUT2D eigenvalue weighted by Gasteiger charge is -2.04. The van der Waals surface area contributed by atoms with E-state index in [1.165, 1.54) is 25.8 Å². The minimum atomic E-state index is -0.136. The standard InChI is InChI=1S/C11H9NO3/c1-14-10-6-12-4-2-9(10)11(13)8-3-5-15-7-8/h2-7H,1H3. The van der Waals surface area contributed by atoms with Crippen molar-refractivity contribution in [2.45, 2.75) is 0 Å². The molecule has 2 aromatic rings. The number of carbonyl (C=O) groups is 1. The van der Waals surface area contributed by atoms with Crippen LogP contribution in [0.25, 0.3) is 0 Å². The highest BCUT2D eigenvalue weighted by molar-refractivity contribution is 6.10. The summed E-state index contributed by atoms with van der Waals surface area (Å²) >= 11 is 0. The number of methoxy groups -OCH3 is 1. The molecule has 0 aliphatic carbocycles. The highest BCUT2D eigenvalue weighted by atomic mass is 16.5. The molecule has 2 aromatic heterocycles. The van der Waals surface area contributed by atoms with Gasteiger partial charge in [0.05, 0.1) is 30.7 Å². The molecule has 0 fully saturated rings. The van der Waals surface area contributed by atoms with Gasteiger partial charge in [-0.1, -0.05) is 0 Å². The van der Waals surface area contributed by atoms with E-state index in [1.807, 2.05) is 0 Å². The van der Waals surface area contributed by atoms with Crippen LogP contribution >= 0.6 is 0 Å². The summed E-state index contributed by atoms with van der Waals surface area (Å²) in [4.78, 5) is 15.8. The summed E-state index contributed by atoms with van der Waals surface area (Å²) in [6, 6.07) is 3.23. The Bertz CT molecular complexity index is 462. The van der Waals surface area contributed by atoms with Crippen LogP contribution in [0.5, 0.6) is 5.75 Å². The summed E-state index contributed by atoms with van der Waals surface area (Å²) in [5, 5.41) is 0. The zero-order chi connectivity index (χ0) is 10.7. The molecule has 0 N–H and O–H groups in total. The Morgan fingerprint density at radius 3 is 3.00 bits per heavy atom. The van der Waals surface area contributed by atoms with E-state index in [0.717, 1.165) is 0 Å². The molecule has 0 aliphatic heterocycles. The second-order valence-corrected chi connectivity index (χ2v) is 2.92. The maximum absolute atomic E-state index is 11.9. The van der Waals surface area contributed by atoms with Gasteiger partial charge in [-0.25, -0.2) is 0 Å². The zero-order valence-corrected chi connectivity index (χ0v) is 8.14. The van der Waals surface area contributed by atoms with Gasteiger partial charge in [-0.05, 0) is 12.1 Å². The van der Waals surface area contributed by atoms with Gasteiger partial charge >= 0.3 is 0 Å². The molecule has 2 rings (SSSR count). The molecule has 0 saturated heterocycles. The van der Waals surface area contributed by atoms with E-state index in [0.29, 0.717) is 16.9 Å². The number of hydrogen-bond acceptors (Lipinski definition) is 4. The van der Waals surface area contributed by atoms with E-state index in [4.69, 9.17) is 9.15 Å². The zero-order valence-electron chi connectivity index (χ0n) is 8.14. The molecule has 4 heteroatoms. The first-order chi connectivity index (χ1) is 7.33. The normalized spacial score (nSPS) is 9.93. The Morgan fingerprint density at radius 2 is 2.33 bits per heavy atom. The second kappa shape index (κ2) is 3.96. The first-order valence-corrected chi connectivity index (χ1v) is 4.38. The van der Waals surface area contributed by atoms with E-state index in [1.54, 1.807) is 18.3 Å². The molecular weight excluding hydrogens is 194 g/mol. The quantitative estimate of drug-likeness (QED) is 0.715. The van der Waals surface area contributed by atoms with E-state index in [2.05, 4.69) is 4.98 Å². The Hall–Kier alpha value is -2.10. The number of ether oxygens (including phenoxy) is 1. The van der Waals surface area contributed by atoms with Crippen molar-refractivity contribution >= 4 is 5.78 Å². The molecule has 0 amide bonds. The van der Waals surface area contributed by atoms with Crippen LogP contribution in [-0.4, -0.2) is 17.9 Å². The van der Waals surface area contributed by atoms with E-state index < -0.39 is 0 Å². The molecule has 4 nitrogen and oxygen atoms in total. The number of pyridine rings is 1. The van der Waals surface area contributed by atoms with Gasteiger partial charge in [-0.15, -0.1) is 0 Å². The average Bonchev–Trinajstić information content (AvgIpc) is 2.81. The Balaban J connectivity index is 2.42. The van der Waals surface area contributed by atoms with Crippen LogP contribution < -0.4 is 4.74 Å². The highest BCUT2D eigenvalue weighted by Gasteiger charge is 2.14. The third kappa shape index (κ3) is 1.74. The Kier molecular flexibility index (Phi) is 2.49. The summed E-state index contributed by atoms with van der Waals surface area (Å²) in [6.07, 6.45) is 5.92. The van der Waals surface area contributed by atoms with Crippen molar-refractivity contribution in [3.63, 3.8) is 0 Å². The molecule has 2 heterocycles. The molecule has 0 aliphatic rings. The van der Waals surface area contributed by atoms with Gasteiger partial charge in [0.25, 0.3) is 0 Å². The van der Waals surface area contributed by atoms with E-state index >= 15 is 0 Å². The van der Waals surface area contributed by atoms with Crippen molar-refractivity contribution in [2.24, 2.45) is 0 Å². The number of ketones is 1. The van der Waals surface area contributed by atoms with Crippen molar-refractivity contribution in [2.75, 3.05) is 7.11 Å². The van der Waals surface area contributed by atoms with Crippen molar-refractivity contribution in [3.05, 3.63) is 48.2 Å². The van der Waals surface area contributed by atoms with Crippen molar-refractivity contribution in [3.8, 4) is 5.75 Å². The Morgan fingerprint density at radius 1 is 1.47 bits per heavy atom. The van der Waals surface area contributed by atoms with E-state index in [-0.39, 0.29) is 5.78 Å². The molecule has 0 radical (unpaired) electrons. The van der Waals surface area contributed by atoms with Crippen LogP contribution in [0.2, 0.25) is 0 Å². The lowest BCUT2D eigenvalue weighted by molar-refractivity contribution is 0.103. The molecule has 0 aromatic carbocycles. The summed E-state index contributed by atoms with van der Waals surface area (Å²) in [7, 11) is 1.50. The maximum Gasteiger partial charge on any atom is 0.200 e. The number of rotatable bonds is 3. The summed E-state index contributed by atoms with van der Waals surface area (Å²) in [5.41, 5.74) is 0.980. The number of carbonyl (C=O) groups excluding carboxylic acids is 1. The third-order valence-corrected chi connectivity index (χ3v) is 2.03. The fourth-order valence-corrected chi connectivity index (χ4v) is 1.28. The van der Waals surface area contributed by atoms with Crippen LogP contribution in [0, 0.1) is 0 Å². The predicted octanol–water partition coefficient (Wildman–Crippen LogP) is 1.91. The van der Waals surface area contributed by atoms with E-state index in [9.17, 15) is 4.79 Å². The first kappa shape index (κ1) is 9.45. The lowest BCUT2D eigenvalue weighted by Crippen LogP contribution is -2.02. The smallest absolute Gasteiger partial charge is 0.200 e. The molecule has 15 heavy (non-hydrogen) atoms. The van der Waals surface area contributed by atoms with Crippen LogP contribution in [0.3, 0.4) is 0 Å². The van der Waals surface area contributed by atoms with Crippen molar-refractivity contribution in [1.29, 1.82) is 0 Å². The molecule has 0 atom stereocenters. The Labute approximate surface area is 86.5 Å². The number of furan rings is 1. The summed E-state index contributed by atoms with van der Waals surface area (Å²) in [6.45, 7) is 0. The van der Waals surface area contributed by atoms with Crippen LogP contribution in [-0.2, 0) is 0 Å². The number of nitrogens with zero attached hydrogens (tertiary/aromatic N) is 1. The van der Waals surface area contributed by atoms with Gasteiger partial charge in [0.15, 0.2) is 5.78 Å². The van der Waals surface area contributed by atoms with Gasteiger partial charge < -0.3 is 9.15 Å². The molecule has 0 saturated carbocycles. The van der Waals surface area contributed by atoms with Crippen LogP contribution in [0.15, 0.2) is 41.5 Å². The van der Waals surface area contributed by atoms with Gasteiger partial charge in [0, 0.05) is 6.20 Å². The highest BCUT2D eigenvalue weighted by Crippen LogP contribution is 2.19. The molecule has 76 valence electrons. The second-order valence-electron chi connectivity index (χ2n) is 2.92. The van der Waals surface area contributed by atoms with Gasteiger partial charge in [-0.2, -0.15) is 0 Å². The molecule has 0 spiro atoms. The predicted molar refractivity (Wildman–Crippen MR) is 52.9 cm³/mol. The largest absolute Gasteiger partial charge is 0.494 e. The summed E-state index contributed by atoms with van der Waals surface area (Å²) in [5.74, 6) is 0.326. The van der Waals surface area contributed by atoms with Crippen molar-refractivity contribution < 1.29 is 13.9 Å². The first-order valence-electron chi connectivity index (χ1n) is 4.38. The minimum Gasteiger partial charge on any atom is -0.494 e. The maximum atomic E-state index is 11.9. The third-order valence-electron chi connectivity index (χ3n) is 2.03. The van der Waals surface area contributed by atoms with Crippen molar-refractivity contribution in [1.82, 2.24) is 4.98 Å². The fourth-order valence-electron chi connectivity index (χ4n) is 1.28. The van der Waals surface area contributed by atoms with Gasteiger partial charge in [0.2, 0.25) is 0 Å². The fraction of sp³-hybridized carbons (Fsp3) is 0.0909. The SMILES string of the molecule is COc1cnccc1C(=O)c1ccoc1. The average molecular weight is 203 g/mol. The topological polar surface area (TPSA) is 52.3 Å². The molecule has 0 unspecified atom stereocenters. The molecular formula is C11H9NO3.